The van der Waals surface area contributed by atoms with Gasteiger partial charge in [0.1, 0.15) is 0 Å². The number of ether oxygens (including phenoxy) is 2. The van der Waals surface area contributed by atoms with E-state index in [2.05, 4.69) is 11.9 Å². The fourth-order valence-electron chi connectivity index (χ4n) is 1.99. The smallest absolute Gasteiger partial charge is 0.0589 e. The predicted molar refractivity (Wildman–Crippen MR) is 56.3 cm³/mol. The molecule has 1 aliphatic rings. The number of hydrogen-bond acceptors (Lipinski definition) is 4. The number of likely N-dealkylation sites (N-methyl/N-ethyl adjacent to an activating group) is 1. The Bertz CT molecular complexity index is 149. The molecule has 0 saturated carbocycles. The summed E-state index contributed by atoms with van der Waals surface area (Å²) in [5.41, 5.74) is 5.79. The van der Waals surface area contributed by atoms with Gasteiger partial charge in [-0.3, -0.25) is 4.90 Å². The first-order valence-corrected chi connectivity index (χ1v) is 5.26. The van der Waals surface area contributed by atoms with Crippen LogP contribution >= 0.6 is 0 Å². The Morgan fingerprint density at radius 1 is 1.64 bits per heavy atom. The molecule has 1 heterocycles. The zero-order chi connectivity index (χ0) is 10.4. The summed E-state index contributed by atoms with van der Waals surface area (Å²) >= 11 is 0. The summed E-state index contributed by atoms with van der Waals surface area (Å²) in [6.45, 7) is 4.15. The van der Waals surface area contributed by atoms with Gasteiger partial charge in [-0.05, 0) is 13.5 Å². The van der Waals surface area contributed by atoms with E-state index in [0.717, 1.165) is 32.8 Å². The molecule has 0 aliphatic carbocycles. The molecule has 2 atom stereocenters. The lowest BCUT2D eigenvalue weighted by atomic mass is 9.98. The van der Waals surface area contributed by atoms with E-state index in [1.165, 1.54) is 0 Å². The molecule has 0 bridgehead atoms. The molecule has 1 fully saturated rings. The molecule has 1 aliphatic heterocycles. The number of nitrogens with zero attached hydrogens (tertiary/aromatic N) is 1. The molecular formula is C10H22N2O2. The van der Waals surface area contributed by atoms with Gasteiger partial charge < -0.3 is 15.2 Å². The third-order valence-electron chi connectivity index (χ3n) is 2.96. The topological polar surface area (TPSA) is 47.7 Å². The first-order valence-electron chi connectivity index (χ1n) is 5.26. The number of nitrogens with two attached hydrogens (primary N) is 1. The van der Waals surface area contributed by atoms with E-state index in [0.29, 0.717) is 18.5 Å². The van der Waals surface area contributed by atoms with Crippen LogP contribution in [0.2, 0.25) is 0 Å². The number of hydrogen-bond donors (Lipinski definition) is 1. The van der Waals surface area contributed by atoms with E-state index in [1.807, 2.05) is 0 Å². The SMILES string of the molecule is COCCN(C)C(CN)C1CCOC1. The highest BCUT2D eigenvalue weighted by atomic mass is 16.5. The van der Waals surface area contributed by atoms with Crippen LogP contribution in [-0.2, 0) is 9.47 Å². The highest BCUT2D eigenvalue weighted by molar-refractivity contribution is 4.81. The fourth-order valence-corrected chi connectivity index (χ4v) is 1.99. The lowest BCUT2D eigenvalue weighted by Crippen LogP contribution is -2.45. The molecule has 0 aromatic carbocycles. The molecule has 1 saturated heterocycles. The average molecular weight is 202 g/mol. The van der Waals surface area contributed by atoms with Crippen molar-refractivity contribution < 1.29 is 9.47 Å². The quantitative estimate of drug-likeness (QED) is 0.655. The Hall–Kier alpha value is -0.160. The van der Waals surface area contributed by atoms with Crippen LogP contribution in [0.4, 0.5) is 0 Å². The van der Waals surface area contributed by atoms with Gasteiger partial charge in [-0.1, -0.05) is 0 Å². The zero-order valence-corrected chi connectivity index (χ0v) is 9.24. The lowest BCUT2D eigenvalue weighted by Gasteiger charge is -2.30. The predicted octanol–water partition coefficient (Wildman–Crippen LogP) is -0.0716. The number of methoxy groups -OCH3 is 1. The third kappa shape index (κ3) is 3.20. The second-order valence-electron chi connectivity index (χ2n) is 3.90. The summed E-state index contributed by atoms with van der Waals surface area (Å²) in [6, 6.07) is 0.438. The van der Waals surface area contributed by atoms with Crippen molar-refractivity contribution in [1.29, 1.82) is 0 Å². The van der Waals surface area contributed by atoms with Gasteiger partial charge in [0.25, 0.3) is 0 Å². The molecule has 0 radical (unpaired) electrons. The molecule has 1 rings (SSSR count). The summed E-state index contributed by atoms with van der Waals surface area (Å²) in [5.74, 6) is 0.599. The monoisotopic (exact) mass is 202 g/mol. The molecule has 0 aromatic heterocycles. The van der Waals surface area contributed by atoms with Crippen molar-refractivity contribution in [2.45, 2.75) is 12.5 Å². The van der Waals surface area contributed by atoms with Crippen LogP contribution in [0.1, 0.15) is 6.42 Å². The van der Waals surface area contributed by atoms with Crippen LogP contribution in [-0.4, -0.2) is 58.0 Å². The highest BCUT2D eigenvalue weighted by Gasteiger charge is 2.27. The number of rotatable bonds is 6. The second-order valence-corrected chi connectivity index (χ2v) is 3.90. The van der Waals surface area contributed by atoms with Crippen LogP contribution < -0.4 is 5.73 Å². The Labute approximate surface area is 86.3 Å². The maximum Gasteiger partial charge on any atom is 0.0589 e. The van der Waals surface area contributed by atoms with Crippen LogP contribution in [0.5, 0.6) is 0 Å². The minimum atomic E-state index is 0.438. The van der Waals surface area contributed by atoms with Gasteiger partial charge in [-0.25, -0.2) is 0 Å². The second kappa shape index (κ2) is 6.35. The van der Waals surface area contributed by atoms with Crippen molar-refractivity contribution in [3.05, 3.63) is 0 Å². The van der Waals surface area contributed by atoms with Crippen LogP contribution in [0.15, 0.2) is 0 Å². The molecule has 84 valence electrons. The maximum atomic E-state index is 5.79. The zero-order valence-electron chi connectivity index (χ0n) is 9.24. The Kier molecular flexibility index (Phi) is 5.40. The Balaban J connectivity index is 2.34. The Morgan fingerprint density at radius 2 is 2.43 bits per heavy atom. The first kappa shape index (κ1) is 11.9. The van der Waals surface area contributed by atoms with E-state index in [-0.39, 0.29) is 0 Å². The van der Waals surface area contributed by atoms with Crippen molar-refractivity contribution in [2.75, 3.05) is 47.1 Å². The van der Waals surface area contributed by atoms with Crippen LogP contribution in [0.3, 0.4) is 0 Å². The molecule has 0 aromatic rings. The highest BCUT2D eigenvalue weighted by Crippen LogP contribution is 2.19. The fraction of sp³-hybridized carbons (Fsp3) is 1.00. The molecule has 4 heteroatoms. The van der Waals surface area contributed by atoms with Gasteiger partial charge in [0.05, 0.1) is 13.2 Å². The first-order chi connectivity index (χ1) is 6.79. The molecule has 2 N–H and O–H groups in total. The van der Waals surface area contributed by atoms with Crippen molar-refractivity contribution in [2.24, 2.45) is 11.7 Å². The van der Waals surface area contributed by atoms with E-state index < -0.39 is 0 Å². The molecule has 2 unspecified atom stereocenters. The lowest BCUT2D eigenvalue weighted by molar-refractivity contribution is 0.107. The maximum absolute atomic E-state index is 5.79. The molecule has 0 spiro atoms. The van der Waals surface area contributed by atoms with E-state index in [4.69, 9.17) is 15.2 Å². The van der Waals surface area contributed by atoms with E-state index in [1.54, 1.807) is 7.11 Å². The van der Waals surface area contributed by atoms with E-state index >= 15 is 0 Å². The van der Waals surface area contributed by atoms with Gasteiger partial charge in [-0.15, -0.1) is 0 Å². The summed E-state index contributed by atoms with van der Waals surface area (Å²) in [4.78, 5) is 2.28. The van der Waals surface area contributed by atoms with Crippen molar-refractivity contribution in [3.63, 3.8) is 0 Å². The largest absolute Gasteiger partial charge is 0.383 e. The van der Waals surface area contributed by atoms with Crippen molar-refractivity contribution in [3.8, 4) is 0 Å². The summed E-state index contributed by atoms with van der Waals surface area (Å²) in [7, 11) is 3.83. The average Bonchev–Trinajstić information content (AvgIpc) is 2.69. The van der Waals surface area contributed by atoms with Gasteiger partial charge in [0, 0.05) is 38.8 Å². The summed E-state index contributed by atoms with van der Waals surface area (Å²) in [5, 5.41) is 0. The molecule has 0 amide bonds. The molecule has 4 nitrogen and oxygen atoms in total. The van der Waals surface area contributed by atoms with Gasteiger partial charge in [0.15, 0.2) is 0 Å². The van der Waals surface area contributed by atoms with Crippen LogP contribution in [0.25, 0.3) is 0 Å². The van der Waals surface area contributed by atoms with Gasteiger partial charge in [0.2, 0.25) is 0 Å². The van der Waals surface area contributed by atoms with Crippen molar-refractivity contribution >= 4 is 0 Å². The summed E-state index contributed by atoms with van der Waals surface area (Å²) in [6.07, 6.45) is 1.14. The third-order valence-corrected chi connectivity index (χ3v) is 2.96. The van der Waals surface area contributed by atoms with Gasteiger partial charge in [-0.2, -0.15) is 0 Å². The summed E-state index contributed by atoms with van der Waals surface area (Å²) < 4.78 is 10.4. The molecule has 14 heavy (non-hydrogen) atoms. The van der Waals surface area contributed by atoms with Crippen molar-refractivity contribution in [1.82, 2.24) is 4.90 Å². The minimum Gasteiger partial charge on any atom is -0.383 e. The van der Waals surface area contributed by atoms with Gasteiger partial charge >= 0.3 is 0 Å². The Morgan fingerprint density at radius 3 is 2.93 bits per heavy atom. The normalized spacial score (nSPS) is 24.4. The minimum absolute atomic E-state index is 0.438. The van der Waals surface area contributed by atoms with Crippen LogP contribution in [0, 0.1) is 5.92 Å². The molecular weight excluding hydrogens is 180 g/mol. The van der Waals surface area contributed by atoms with E-state index in [9.17, 15) is 0 Å². The standard InChI is InChI=1S/C10H22N2O2/c1-12(4-6-13-2)10(7-11)9-3-5-14-8-9/h9-10H,3-8,11H2,1-2H3.